The van der Waals surface area contributed by atoms with Gasteiger partial charge in [-0.15, -0.1) is 11.8 Å². The van der Waals surface area contributed by atoms with E-state index in [4.69, 9.17) is 5.73 Å². The smallest absolute Gasteiger partial charge is 0.0544 e. The van der Waals surface area contributed by atoms with E-state index in [0.29, 0.717) is 17.3 Å². The van der Waals surface area contributed by atoms with E-state index in [0.717, 1.165) is 13.0 Å². The maximum Gasteiger partial charge on any atom is 0.0544 e. The second-order valence-corrected chi connectivity index (χ2v) is 4.05. The Morgan fingerprint density at radius 1 is 1.42 bits per heavy atom. The summed E-state index contributed by atoms with van der Waals surface area (Å²) in [6.07, 6.45) is 3.24. The van der Waals surface area contributed by atoms with Crippen LogP contribution in [0.2, 0.25) is 0 Å². The third-order valence-electron chi connectivity index (χ3n) is 2.17. The minimum atomic E-state index is 0.402. The molecular weight excluding hydrogens is 168 g/mol. The zero-order valence-electron chi connectivity index (χ0n) is 8.63. The van der Waals surface area contributed by atoms with Gasteiger partial charge in [-0.05, 0) is 18.6 Å². The molecule has 0 aromatic heterocycles. The molecule has 12 heavy (non-hydrogen) atoms. The lowest BCUT2D eigenvalue weighted by Crippen LogP contribution is -2.47. The third kappa shape index (κ3) is 3.78. The number of nitrogens with two attached hydrogens (primary N) is 1. The van der Waals surface area contributed by atoms with Crippen molar-refractivity contribution in [1.82, 2.24) is 5.32 Å². The van der Waals surface area contributed by atoms with Crippen molar-refractivity contribution in [1.29, 1.82) is 0 Å². The lowest BCUT2D eigenvalue weighted by atomic mass is 9.96. The van der Waals surface area contributed by atoms with Crippen molar-refractivity contribution in [2.45, 2.75) is 38.6 Å². The van der Waals surface area contributed by atoms with Gasteiger partial charge in [0.2, 0.25) is 0 Å². The molecule has 1 rings (SSSR count). The van der Waals surface area contributed by atoms with Crippen LogP contribution in [-0.4, -0.2) is 24.2 Å². The van der Waals surface area contributed by atoms with Gasteiger partial charge < -0.3 is 11.1 Å². The number of piperidine rings is 1. The third-order valence-corrected chi connectivity index (χ3v) is 3.10. The molecule has 1 aliphatic heterocycles. The van der Waals surface area contributed by atoms with Crippen molar-refractivity contribution in [3.05, 3.63) is 0 Å². The van der Waals surface area contributed by atoms with Crippen LogP contribution >= 0.6 is 11.8 Å². The lowest BCUT2D eigenvalue weighted by Gasteiger charge is -2.31. The van der Waals surface area contributed by atoms with Crippen LogP contribution in [-0.2, 0) is 0 Å². The monoisotopic (exact) mass is 190 g/mol. The van der Waals surface area contributed by atoms with Crippen molar-refractivity contribution in [2.75, 3.05) is 12.8 Å². The van der Waals surface area contributed by atoms with Crippen LogP contribution in [0.1, 0.15) is 27.2 Å². The highest BCUT2D eigenvalue weighted by Gasteiger charge is 2.23. The molecule has 0 amide bonds. The molecule has 0 spiro atoms. The Morgan fingerprint density at radius 3 is 2.42 bits per heavy atom. The summed E-state index contributed by atoms with van der Waals surface area (Å²) in [4.78, 5) is 0. The molecule has 1 saturated heterocycles. The topological polar surface area (TPSA) is 38.0 Å². The maximum absolute atomic E-state index is 5.89. The van der Waals surface area contributed by atoms with E-state index in [1.807, 2.05) is 25.6 Å². The van der Waals surface area contributed by atoms with Crippen molar-refractivity contribution >= 4 is 11.8 Å². The molecule has 0 aromatic carbocycles. The summed E-state index contributed by atoms with van der Waals surface area (Å²) in [7, 11) is 0. The fourth-order valence-electron chi connectivity index (χ4n) is 1.21. The second-order valence-electron chi connectivity index (χ2n) is 3.01. The molecule has 0 saturated carbocycles. The number of nitrogens with one attached hydrogen (secondary N) is 1. The van der Waals surface area contributed by atoms with Crippen molar-refractivity contribution in [2.24, 2.45) is 11.7 Å². The van der Waals surface area contributed by atoms with Gasteiger partial charge in [-0.25, -0.2) is 0 Å². The average molecular weight is 190 g/mol. The van der Waals surface area contributed by atoms with Crippen LogP contribution in [0.3, 0.4) is 0 Å². The summed E-state index contributed by atoms with van der Waals surface area (Å²) in [5.41, 5.74) is 5.89. The Labute approximate surface area is 80.7 Å². The molecular formula is C9H22N2S. The molecule has 74 valence electrons. The number of rotatable bonds is 1. The second kappa shape index (κ2) is 6.75. The van der Waals surface area contributed by atoms with Crippen molar-refractivity contribution in [3.8, 4) is 0 Å². The summed E-state index contributed by atoms with van der Waals surface area (Å²) in [6, 6.07) is 0.402. The first-order chi connectivity index (χ1) is 5.74. The van der Waals surface area contributed by atoms with Gasteiger partial charge in [-0.1, -0.05) is 20.8 Å². The largest absolute Gasteiger partial charge is 0.327 e. The highest BCUT2D eigenvalue weighted by atomic mass is 32.2. The van der Waals surface area contributed by atoms with Gasteiger partial charge >= 0.3 is 0 Å². The molecule has 0 bridgehead atoms. The molecule has 1 aliphatic rings. The number of hydrogen-bond donors (Lipinski definition) is 2. The number of thioether (sulfide) groups is 1. The lowest BCUT2D eigenvalue weighted by molar-refractivity contribution is 0.334. The Kier molecular flexibility index (Phi) is 6.90. The van der Waals surface area contributed by atoms with E-state index in [-0.39, 0.29) is 0 Å². The molecule has 3 N–H and O–H groups in total. The Bertz CT molecular complexity index is 109. The quantitative estimate of drug-likeness (QED) is 0.660. The van der Waals surface area contributed by atoms with Crippen molar-refractivity contribution < 1.29 is 0 Å². The van der Waals surface area contributed by atoms with E-state index < -0.39 is 0 Å². The van der Waals surface area contributed by atoms with Crippen LogP contribution in [0.25, 0.3) is 0 Å². The van der Waals surface area contributed by atoms with Crippen LogP contribution in [0.4, 0.5) is 0 Å². The summed E-state index contributed by atoms with van der Waals surface area (Å²) in [6.45, 7) is 7.28. The van der Waals surface area contributed by atoms with Gasteiger partial charge in [0.15, 0.2) is 0 Å². The fraction of sp³-hybridized carbons (Fsp3) is 1.00. The first kappa shape index (κ1) is 12.3. The van der Waals surface area contributed by atoms with E-state index >= 15 is 0 Å². The fourth-order valence-corrected chi connectivity index (χ4v) is 1.89. The van der Waals surface area contributed by atoms with Gasteiger partial charge in [0.05, 0.1) is 5.37 Å². The number of hydrogen-bond acceptors (Lipinski definition) is 3. The van der Waals surface area contributed by atoms with Gasteiger partial charge in [0.1, 0.15) is 0 Å². The zero-order valence-corrected chi connectivity index (χ0v) is 9.45. The summed E-state index contributed by atoms with van der Waals surface area (Å²) in [5, 5.41) is 4.02. The highest BCUT2D eigenvalue weighted by molar-refractivity contribution is 7.99. The first-order valence-corrected chi connectivity index (χ1v) is 6.04. The average Bonchev–Trinajstić information content (AvgIpc) is 2.13. The molecule has 0 radical (unpaired) electrons. The predicted octanol–water partition coefficient (Wildman–Crippen LogP) is 1.66. The van der Waals surface area contributed by atoms with Gasteiger partial charge in [0.25, 0.3) is 0 Å². The molecule has 1 fully saturated rings. The Morgan fingerprint density at radius 2 is 2.00 bits per heavy atom. The molecule has 1 heterocycles. The summed E-state index contributed by atoms with van der Waals surface area (Å²) < 4.78 is 0. The minimum absolute atomic E-state index is 0.402. The molecule has 3 atom stereocenters. The van der Waals surface area contributed by atoms with Crippen LogP contribution in [0.15, 0.2) is 0 Å². The molecule has 3 heteroatoms. The van der Waals surface area contributed by atoms with Gasteiger partial charge in [-0.2, -0.15) is 0 Å². The van der Waals surface area contributed by atoms with Crippen LogP contribution < -0.4 is 11.1 Å². The molecule has 0 aromatic rings. The van der Waals surface area contributed by atoms with E-state index in [1.54, 1.807) is 0 Å². The first-order valence-electron chi connectivity index (χ1n) is 4.75. The van der Waals surface area contributed by atoms with Crippen LogP contribution in [0, 0.1) is 5.92 Å². The predicted molar refractivity (Wildman–Crippen MR) is 58.4 cm³/mol. The van der Waals surface area contributed by atoms with Gasteiger partial charge in [0, 0.05) is 12.6 Å². The molecule has 2 nitrogen and oxygen atoms in total. The highest BCUT2D eigenvalue weighted by Crippen LogP contribution is 2.18. The van der Waals surface area contributed by atoms with Gasteiger partial charge in [-0.3, -0.25) is 0 Å². The Hall–Kier alpha value is 0.270. The van der Waals surface area contributed by atoms with E-state index in [9.17, 15) is 0 Å². The van der Waals surface area contributed by atoms with Crippen LogP contribution in [0.5, 0.6) is 0 Å². The van der Waals surface area contributed by atoms with Crippen molar-refractivity contribution in [3.63, 3.8) is 0 Å². The van der Waals surface area contributed by atoms with E-state index in [1.165, 1.54) is 0 Å². The zero-order chi connectivity index (χ0) is 9.56. The molecule has 0 aliphatic carbocycles. The van der Waals surface area contributed by atoms with E-state index in [2.05, 4.69) is 18.5 Å². The normalized spacial score (nSPS) is 35.2. The summed E-state index contributed by atoms with van der Waals surface area (Å²) in [5.74, 6) is 0.642. The molecule has 3 unspecified atom stereocenters. The SMILES string of the molecule is CC.CSC1CC(N)C(C)CN1. The minimum Gasteiger partial charge on any atom is -0.327 e. The summed E-state index contributed by atoms with van der Waals surface area (Å²) >= 11 is 1.86. The maximum atomic E-state index is 5.89. The Balaban J connectivity index is 0.000000561. The standard InChI is InChI=1S/C7H16N2S.C2H6/c1-5-4-9-7(10-2)3-6(5)8;1-2/h5-7,9H,3-4,8H2,1-2H3;1-2H3.